The van der Waals surface area contributed by atoms with Gasteiger partial charge in [0.05, 0.1) is 5.69 Å². The minimum atomic E-state index is -0.0863. The van der Waals surface area contributed by atoms with Crippen LogP contribution in [0.25, 0.3) is 10.9 Å². The molecule has 0 spiro atoms. The zero-order valence-corrected chi connectivity index (χ0v) is 21.8. The second-order valence-electron chi connectivity index (χ2n) is 10.2. The first-order valence-electron chi connectivity index (χ1n) is 13.0. The number of anilines is 3. The Morgan fingerprint density at radius 3 is 2.41 bits per heavy atom. The van der Waals surface area contributed by atoms with Crippen LogP contribution in [0.2, 0.25) is 0 Å². The number of hydrogen-bond donors (Lipinski definition) is 3. The summed E-state index contributed by atoms with van der Waals surface area (Å²) in [6.07, 6.45) is 1.81. The summed E-state index contributed by atoms with van der Waals surface area (Å²) in [4.78, 5) is 42.0. The van der Waals surface area contributed by atoms with Crippen molar-refractivity contribution in [3.8, 4) is 0 Å². The van der Waals surface area contributed by atoms with Gasteiger partial charge in [-0.2, -0.15) is 0 Å². The van der Waals surface area contributed by atoms with Crippen molar-refractivity contribution in [3.05, 3.63) is 48.3 Å². The lowest BCUT2D eigenvalue weighted by Crippen LogP contribution is -2.49. The third-order valence-corrected chi connectivity index (χ3v) is 6.99. The van der Waals surface area contributed by atoms with Gasteiger partial charge in [0, 0.05) is 81.2 Å². The molecular weight excluding hydrogens is 468 g/mol. The highest BCUT2D eigenvalue weighted by Gasteiger charge is 2.25. The van der Waals surface area contributed by atoms with Crippen LogP contribution in [0.5, 0.6) is 0 Å². The van der Waals surface area contributed by atoms with E-state index in [1.165, 1.54) is 0 Å². The van der Waals surface area contributed by atoms with Gasteiger partial charge in [0.2, 0.25) is 0 Å². The molecule has 3 N–H and O–H groups in total. The molecule has 1 aromatic carbocycles. The number of aromatic amines is 1. The lowest BCUT2D eigenvalue weighted by Gasteiger charge is -2.36. The number of carbonyl (C=O) groups excluding carboxylic acids is 2. The maximum Gasteiger partial charge on any atom is 0.321 e. The van der Waals surface area contributed by atoms with Crippen LogP contribution in [-0.2, 0) is 0 Å². The number of carbonyl (C=O) groups is 2. The highest BCUT2D eigenvalue weighted by Crippen LogP contribution is 2.26. The summed E-state index contributed by atoms with van der Waals surface area (Å²) in [6, 6.07) is 11.8. The summed E-state index contributed by atoms with van der Waals surface area (Å²) < 4.78 is 0. The molecule has 5 rings (SSSR count). The molecule has 2 saturated heterocycles. The standard InChI is InChI=1S/C27H36N8O2/c1-19(2)29-23-5-4-8-28-25(23)33-13-15-34(16-14-33)26(36)24-18-20-17-21(6-7-22(20)31-24)30-27(37)35-11-9-32(3)10-12-35/h4-8,17-19,29,31H,9-16H2,1-3H3,(H,30,37). The molecule has 10 heteroatoms. The van der Waals surface area contributed by atoms with E-state index in [-0.39, 0.29) is 11.9 Å². The molecule has 37 heavy (non-hydrogen) atoms. The predicted molar refractivity (Wildman–Crippen MR) is 147 cm³/mol. The fraction of sp³-hybridized carbons (Fsp3) is 0.444. The van der Waals surface area contributed by atoms with E-state index in [0.29, 0.717) is 24.8 Å². The Balaban J connectivity index is 1.21. The number of H-pyrrole nitrogens is 1. The molecule has 2 aliphatic rings. The molecule has 0 bridgehead atoms. The molecule has 10 nitrogen and oxygen atoms in total. The average molecular weight is 505 g/mol. The molecule has 0 radical (unpaired) electrons. The normalized spacial score (nSPS) is 16.9. The molecule has 2 aliphatic heterocycles. The molecule has 0 unspecified atom stereocenters. The SMILES string of the molecule is CC(C)Nc1cccnc1N1CCN(C(=O)c2cc3cc(NC(=O)N4CCN(C)CC4)ccc3[nH]2)CC1. The first-order chi connectivity index (χ1) is 17.9. The number of piperazine rings is 2. The quantitative estimate of drug-likeness (QED) is 0.494. The zero-order chi connectivity index (χ0) is 25.9. The van der Waals surface area contributed by atoms with Gasteiger partial charge in [-0.3, -0.25) is 4.79 Å². The Hall–Kier alpha value is -3.79. The second kappa shape index (κ2) is 10.7. The summed E-state index contributed by atoms with van der Waals surface area (Å²) >= 11 is 0. The molecule has 4 heterocycles. The fourth-order valence-electron chi connectivity index (χ4n) is 4.90. The minimum absolute atomic E-state index is 0.0135. The fourth-order valence-corrected chi connectivity index (χ4v) is 4.90. The zero-order valence-electron chi connectivity index (χ0n) is 21.8. The van der Waals surface area contributed by atoms with Crippen LogP contribution >= 0.6 is 0 Å². The van der Waals surface area contributed by atoms with Gasteiger partial charge in [0.15, 0.2) is 5.82 Å². The number of benzene rings is 1. The van der Waals surface area contributed by atoms with Crippen LogP contribution in [0.4, 0.5) is 22.0 Å². The number of fused-ring (bicyclic) bond motifs is 1. The van der Waals surface area contributed by atoms with E-state index in [4.69, 9.17) is 0 Å². The predicted octanol–water partition coefficient (Wildman–Crippen LogP) is 3.12. The van der Waals surface area contributed by atoms with Crippen LogP contribution in [0.15, 0.2) is 42.6 Å². The number of hydrogen-bond acceptors (Lipinski definition) is 6. The van der Waals surface area contributed by atoms with Gasteiger partial charge in [0.25, 0.3) is 5.91 Å². The molecular formula is C27H36N8O2. The number of likely N-dealkylation sites (N-methyl/N-ethyl adjacent to an activating group) is 1. The first-order valence-corrected chi connectivity index (χ1v) is 13.0. The van der Waals surface area contributed by atoms with Crippen LogP contribution in [0.3, 0.4) is 0 Å². The number of pyridine rings is 1. The van der Waals surface area contributed by atoms with Crippen LogP contribution in [-0.4, -0.2) is 102 Å². The van der Waals surface area contributed by atoms with Gasteiger partial charge in [-0.1, -0.05) is 0 Å². The van der Waals surface area contributed by atoms with Gasteiger partial charge in [-0.25, -0.2) is 9.78 Å². The minimum Gasteiger partial charge on any atom is -0.380 e. The molecule has 3 aromatic rings. The molecule has 0 atom stereocenters. The van der Waals surface area contributed by atoms with E-state index in [0.717, 1.165) is 67.4 Å². The summed E-state index contributed by atoms with van der Waals surface area (Å²) in [6.45, 7) is 10.1. The smallest absolute Gasteiger partial charge is 0.321 e. The van der Waals surface area contributed by atoms with Gasteiger partial charge >= 0.3 is 6.03 Å². The van der Waals surface area contributed by atoms with E-state index < -0.39 is 0 Å². The van der Waals surface area contributed by atoms with Gasteiger partial charge in [0.1, 0.15) is 5.69 Å². The number of aromatic nitrogens is 2. The highest BCUT2D eigenvalue weighted by molar-refractivity contribution is 6.00. The Bertz CT molecular complexity index is 1260. The topological polar surface area (TPSA) is 99.8 Å². The molecule has 0 aliphatic carbocycles. The first kappa shape index (κ1) is 24.9. The summed E-state index contributed by atoms with van der Waals surface area (Å²) in [5.41, 5.74) is 3.18. The Morgan fingerprint density at radius 2 is 1.68 bits per heavy atom. The van der Waals surface area contributed by atoms with Crippen LogP contribution < -0.4 is 15.5 Å². The van der Waals surface area contributed by atoms with Crippen molar-refractivity contribution in [1.29, 1.82) is 0 Å². The van der Waals surface area contributed by atoms with Crippen molar-refractivity contribution >= 4 is 40.0 Å². The second-order valence-corrected chi connectivity index (χ2v) is 10.2. The number of rotatable bonds is 5. The highest BCUT2D eigenvalue weighted by atomic mass is 16.2. The van der Waals surface area contributed by atoms with Crippen molar-refractivity contribution in [1.82, 2.24) is 24.7 Å². The lowest BCUT2D eigenvalue weighted by molar-refractivity contribution is 0.0741. The van der Waals surface area contributed by atoms with Gasteiger partial charge < -0.3 is 35.2 Å². The van der Waals surface area contributed by atoms with E-state index >= 15 is 0 Å². The summed E-state index contributed by atoms with van der Waals surface area (Å²) in [5.74, 6) is 0.917. The lowest BCUT2D eigenvalue weighted by atomic mass is 10.2. The van der Waals surface area contributed by atoms with Crippen molar-refractivity contribution in [2.45, 2.75) is 19.9 Å². The van der Waals surface area contributed by atoms with E-state index in [2.05, 4.69) is 51.3 Å². The van der Waals surface area contributed by atoms with E-state index in [1.54, 1.807) is 0 Å². The van der Waals surface area contributed by atoms with Gasteiger partial charge in [-0.05, 0) is 57.3 Å². The third kappa shape index (κ3) is 5.64. The number of urea groups is 1. The maximum atomic E-state index is 13.3. The van der Waals surface area contributed by atoms with Crippen molar-refractivity contribution in [2.75, 3.05) is 74.9 Å². The van der Waals surface area contributed by atoms with Crippen LogP contribution in [0, 0.1) is 0 Å². The average Bonchev–Trinajstić information content (AvgIpc) is 3.32. The molecule has 196 valence electrons. The molecule has 0 saturated carbocycles. The Labute approximate surface area is 217 Å². The van der Waals surface area contributed by atoms with Crippen molar-refractivity contribution in [2.24, 2.45) is 0 Å². The van der Waals surface area contributed by atoms with Crippen molar-refractivity contribution in [3.63, 3.8) is 0 Å². The van der Waals surface area contributed by atoms with E-state index in [9.17, 15) is 9.59 Å². The summed E-state index contributed by atoms with van der Waals surface area (Å²) in [5, 5.41) is 7.36. The third-order valence-electron chi connectivity index (χ3n) is 6.99. The molecule has 2 aromatic heterocycles. The maximum absolute atomic E-state index is 13.3. The largest absolute Gasteiger partial charge is 0.380 e. The molecule has 3 amide bonds. The number of nitrogens with one attached hydrogen (secondary N) is 3. The summed E-state index contributed by atoms with van der Waals surface area (Å²) in [7, 11) is 2.07. The Morgan fingerprint density at radius 1 is 0.946 bits per heavy atom. The number of nitrogens with zero attached hydrogens (tertiary/aromatic N) is 5. The number of amides is 3. The Kier molecular flexibility index (Phi) is 7.18. The monoisotopic (exact) mass is 504 g/mol. The van der Waals surface area contributed by atoms with E-state index in [1.807, 2.05) is 52.4 Å². The van der Waals surface area contributed by atoms with Gasteiger partial charge in [-0.15, -0.1) is 0 Å². The molecule has 2 fully saturated rings. The van der Waals surface area contributed by atoms with Crippen LogP contribution in [0.1, 0.15) is 24.3 Å². The van der Waals surface area contributed by atoms with Crippen molar-refractivity contribution < 1.29 is 9.59 Å².